The number of alkyl halides is 6. The molecule has 1 heterocycles. The predicted molar refractivity (Wildman–Crippen MR) is 152 cm³/mol. The third-order valence-corrected chi connectivity index (χ3v) is 7.78. The van der Waals surface area contributed by atoms with E-state index < -0.39 is 29.9 Å². The molecule has 6 nitrogen and oxygen atoms in total. The molecular weight excluding hydrogens is 598 g/mol. The Balaban J connectivity index is 0.000000821. The van der Waals surface area contributed by atoms with Crippen LogP contribution in [0.5, 0.6) is 0 Å². The normalized spacial score (nSPS) is 12.7. The van der Waals surface area contributed by atoms with Gasteiger partial charge < -0.3 is 15.1 Å². The number of benzene rings is 2. The summed E-state index contributed by atoms with van der Waals surface area (Å²) in [6.07, 6.45) is -8.79. The van der Waals surface area contributed by atoms with E-state index in [1.165, 1.54) is 17.7 Å². The van der Waals surface area contributed by atoms with Gasteiger partial charge in [-0.15, -0.1) is 11.3 Å². The first-order valence-electron chi connectivity index (χ1n) is 13.3. The SMILES string of the molecule is Cc1cc(CN(C)CC(C)c2sc(-c3ccc(C(F)(F)F)cc3)nc2C(C)C)ccc1CCC(=O)O.O=C(O)C(F)(F)F. The first kappa shape index (κ1) is 35.7. The van der Waals surface area contributed by atoms with E-state index in [1.807, 2.05) is 13.0 Å². The Hall–Kier alpha value is -3.45. The summed E-state index contributed by atoms with van der Waals surface area (Å²) in [5, 5.41) is 16.8. The van der Waals surface area contributed by atoms with Gasteiger partial charge in [0.05, 0.1) is 11.3 Å². The van der Waals surface area contributed by atoms with Crippen LogP contribution in [-0.2, 0) is 28.7 Å². The third kappa shape index (κ3) is 11.0. The minimum absolute atomic E-state index is 0.124. The Morgan fingerprint density at radius 3 is 2.02 bits per heavy atom. The molecule has 0 fully saturated rings. The summed E-state index contributed by atoms with van der Waals surface area (Å²) >= 11 is 1.56. The number of carbonyl (C=O) groups is 2. The number of halogens is 6. The minimum atomic E-state index is -5.08. The van der Waals surface area contributed by atoms with E-state index >= 15 is 0 Å². The second-order valence-electron chi connectivity index (χ2n) is 10.6. The average molecular weight is 633 g/mol. The molecule has 0 spiro atoms. The van der Waals surface area contributed by atoms with Crippen molar-refractivity contribution in [2.24, 2.45) is 0 Å². The van der Waals surface area contributed by atoms with Crippen molar-refractivity contribution in [3.05, 3.63) is 75.3 Å². The lowest BCUT2D eigenvalue weighted by Gasteiger charge is -2.22. The Kier molecular flexibility index (Phi) is 12.3. The van der Waals surface area contributed by atoms with Gasteiger partial charge in [0.2, 0.25) is 0 Å². The van der Waals surface area contributed by atoms with Crippen molar-refractivity contribution < 1.29 is 46.1 Å². The minimum Gasteiger partial charge on any atom is -0.481 e. The highest BCUT2D eigenvalue weighted by molar-refractivity contribution is 7.15. The van der Waals surface area contributed by atoms with Crippen LogP contribution in [0, 0.1) is 6.92 Å². The Morgan fingerprint density at radius 2 is 1.56 bits per heavy atom. The predicted octanol–water partition coefficient (Wildman–Crippen LogP) is 8.15. The summed E-state index contributed by atoms with van der Waals surface area (Å²) in [6, 6.07) is 11.4. The number of aliphatic carboxylic acids is 2. The topological polar surface area (TPSA) is 90.7 Å². The Labute approximate surface area is 250 Å². The van der Waals surface area contributed by atoms with Gasteiger partial charge in [-0.1, -0.05) is 51.1 Å². The highest BCUT2D eigenvalue weighted by atomic mass is 32.1. The van der Waals surface area contributed by atoms with E-state index in [1.54, 1.807) is 11.3 Å². The number of thiazole rings is 1. The lowest BCUT2D eigenvalue weighted by Crippen LogP contribution is -2.23. The van der Waals surface area contributed by atoms with Crippen LogP contribution in [0.2, 0.25) is 0 Å². The number of hydrogen-bond acceptors (Lipinski definition) is 5. The zero-order valence-electron chi connectivity index (χ0n) is 24.3. The van der Waals surface area contributed by atoms with Crippen molar-refractivity contribution in [3.63, 3.8) is 0 Å². The van der Waals surface area contributed by atoms with E-state index in [0.29, 0.717) is 12.0 Å². The second-order valence-corrected chi connectivity index (χ2v) is 11.6. The number of nitrogens with zero attached hydrogens (tertiary/aromatic N) is 2. The van der Waals surface area contributed by atoms with Crippen molar-refractivity contribution in [1.82, 2.24) is 9.88 Å². The smallest absolute Gasteiger partial charge is 0.481 e. The molecule has 1 aromatic heterocycles. The van der Waals surface area contributed by atoms with E-state index in [-0.39, 0.29) is 18.3 Å². The summed E-state index contributed by atoms with van der Waals surface area (Å²) in [5.41, 5.74) is 4.35. The van der Waals surface area contributed by atoms with Gasteiger partial charge in [0.1, 0.15) is 5.01 Å². The molecule has 13 heteroatoms. The van der Waals surface area contributed by atoms with Crippen molar-refractivity contribution in [2.45, 2.75) is 71.3 Å². The number of hydrogen-bond donors (Lipinski definition) is 2. The molecule has 0 aliphatic rings. The van der Waals surface area contributed by atoms with Crippen LogP contribution in [0.4, 0.5) is 26.3 Å². The van der Waals surface area contributed by atoms with Crippen molar-refractivity contribution >= 4 is 23.3 Å². The van der Waals surface area contributed by atoms with Gasteiger partial charge >= 0.3 is 24.3 Å². The molecule has 0 saturated heterocycles. The first-order chi connectivity index (χ1) is 19.8. The fraction of sp³-hybridized carbons (Fsp3) is 0.433. The van der Waals surface area contributed by atoms with Gasteiger partial charge in [-0.2, -0.15) is 26.3 Å². The lowest BCUT2D eigenvalue weighted by molar-refractivity contribution is -0.192. The summed E-state index contributed by atoms with van der Waals surface area (Å²) in [5.74, 6) is -3.15. The molecule has 1 atom stereocenters. The quantitative estimate of drug-likeness (QED) is 0.219. The number of carboxylic acids is 2. The number of aryl methyl sites for hydroxylation is 2. The maximum atomic E-state index is 12.9. The molecule has 0 amide bonds. The molecule has 236 valence electrons. The monoisotopic (exact) mass is 632 g/mol. The molecule has 1 unspecified atom stereocenters. The molecule has 0 radical (unpaired) electrons. The first-order valence-corrected chi connectivity index (χ1v) is 14.1. The molecule has 0 aliphatic heterocycles. The summed E-state index contributed by atoms with van der Waals surface area (Å²) in [4.78, 5) is 28.0. The van der Waals surface area contributed by atoms with Crippen molar-refractivity contribution in [3.8, 4) is 10.6 Å². The van der Waals surface area contributed by atoms with E-state index in [0.717, 1.165) is 51.9 Å². The molecule has 43 heavy (non-hydrogen) atoms. The second kappa shape index (κ2) is 14.8. The van der Waals surface area contributed by atoms with Crippen LogP contribution >= 0.6 is 11.3 Å². The molecule has 2 aromatic carbocycles. The molecule has 0 saturated carbocycles. The van der Waals surface area contributed by atoms with Gasteiger partial charge in [-0.05, 0) is 55.1 Å². The number of aromatic nitrogens is 1. The lowest BCUT2D eigenvalue weighted by atomic mass is 10.00. The van der Waals surface area contributed by atoms with Crippen molar-refractivity contribution in [1.29, 1.82) is 0 Å². The number of carboxylic acid groups (broad SMARTS) is 2. The maximum Gasteiger partial charge on any atom is 0.490 e. The van der Waals surface area contributed by atoms with Crippen LogP contribution in [0.15, 0.2) is 42.5 Å². The van der Waals surface area contributed by atoms with Crippen molar-refractivity contribution in [2.75, 3.05) is 13.6 Å². The van der Waals surface area contributed by atoms with Crippen LogP contribution in [0.3, 0.4) is 0 Å². The van der Waals surface area contributed by atoms with E-state index in [4.69, 9.17) is 20.0 Å². The molecule has 0 aliphatic carbocycles. The fourth-order valence-electron chi connectivity index (χ4n) is 4.34. The van der Waals surface area contributed by atoms with Crippen LogP contribution in [-0.4, -0.2) is 51.8 Å². The molecule has 3 rings (SSSR count). The van der Waals surface area contributed by atoms with Gasteiger partial charge in [-0.25, -0.2) is 9.78 Å². The maximum absolute atomic E-state index is 12.9. The summed E-state index contributed by atoms with van der Waals surface area (Å²) in [6.45, 7) is 9.89. The van der Waals surface area contributed by atoms with E-state index in [2.05, 4.69) is 44.9 Å². The molecule has 3 aromatic rings. The third-order valence-electron chi connectivity index (χ3n) is 6.43. The van der Waals surface area contributed by atoms with Gasteiger partial charge in [-0.3, -0.25) is 4.79 Å². The van der Waals surface area contributed by atoms with Crippen LogP contribution < -0.4 is 0 Å². The Bertz CT molecular complexity index is 1380. The molecule has 0 bridgehead atoms. The summed E-state index contributed by atoms with van der Waals surface area (Å²) in [7, 11) is 2.07. The zero-order valence-corrected chi connectivity index (χ0v) is 25.1. The molecular formula is C30H34F6N2O4S. The largest absolute Gasteiger partial charge is 0.490 e. The van der Waals surface area contributed by atoms with Crippen LogP contribution in [0.1, 0.15) is 71.9 Å². The van der Waals surface area contributed by atoms with Crippen LogP contribution in [0.25, 0.3) is 10.6 Å². The van der Waals surface area contributed by atoms with Gasteiger partial charge in [0.15, 0.2) is 0 Å². The average Bonchev–Trinajstić information content (AvgIpc) is 3.34. The fourth-order valence-corrected chi connectivity index (χ4v) is 5.61. The highest BCUT2D eigenvalue weighted by Crippen LogP contribution is 2.38. The number of rotatable bonds is 10. The zero-order chi connectivity index (χ0) is 32.7. The standard InChI is InChI=1S/C28H33F3N2O2S.C2HF3O2/c1-17(2)25-26(36-27(32-25)22-8-11-23(12-9-22)28(29,30)31)19(4)15-33(5)16-20-6-7-21(18(3)14-20)10-13-24(34)35;3-2(4,5)1(6)7/h6-9,11-12,14,17,19H,10,13,15-16H2,1-5H3,(H,34,35);(H,6,7). The van der Waals surface area contributed by atoms with E-state index in [9.17, 15) is 31.1 Å². The highest BCUT2D eigenvalue weighted by Gasteiger charge is 2.38. The number of likely N-dealkylation sites (N-methyl/N-ethyl adjacent to an activating group) is 1. The summed E-state index contributed by atoms with van der Waals surface area (Å²) < 4.78 is 70.6. The van der Waals surface area contributed by atoms with Gasteiger partial charge in [0.25, 0.3) is 0 Å². The Morgan fingerprint density at radius 1 is 0.977 bits per heavy atom. The van der Waals surface area contributed by atoms with Gasteiger partial charge in [0, 0.05) is 35.9 Å². The molecule has 2 N–H and O–H groups in total.